The number of carbonyl (C=O) groups excluding carboxylic acids is 1. The van der Waals surface area contributed by atoms with Gasteiger partial charge in [-0.2, -0.15) is 0 Å². The lowest BCUT2D eigenvalue weighted by molar-refractivity contribution is -0.198. The van der Waals surface area contributed by atoms with E-state index in [1.807, 2.05) is 0 Å². The minimum Gasteiger partial charge on any atom is -0.466 e. The number of ether oxygens (including phenoxy) is 1. The molecule has 76 valence electrons. The molecule has 13 heavy (non-hydrogen) atoms. The van der Waals surface area contributed by atoms with Crippen molar-refractivity contribution in [1.29, 1.82) is 0 Å². The Morgan fingerprint density at radius 3 is 2.85 bits per heavy atom. The van der Waals surface area contributed by atoms with E-state index in [1.165, 1.54) is 0 Å². The van der Waals surface area contributed by atoms with Gasteiger partial charge in [-0.25, -0.2) is 0 Å². The van der Waals surface area contributed by atoms with Gasteiger partial charge >= 0.3 is 5.97 Å². The van der Waals surface area contributed by atoms with E-state index in [4.69, 9.17) is 4.74 Å². The summed E-state index contributed by atoms with van der Waals surface area (Å²) in [6.07, 6.45) is 1.81. The fraction of sp³-hybridized carbons (Fsp3) is 0.889. The molecule has 0 aromatic rings. The molecule has 1 atom stereocenters. The number of hydrogen-bond acceptors (Lipinski definition) is 4. The van der Waals surface area contributed by atoms with Crippen LogP contribution in [0.4, 0.5) is 0 Å². The van der Waals surface area contributed by atoms with Crippen molar-refractivity contribution in [2.45, 2.75) is 38.4 Å². The second kappa shape index (κ2) is 4.07. The number of hydrogen-bond donors (Lipinski definition) is 2. The van der Waals surface area contributed by atoms with E-state index < -0.39 is 5.79 Å². The molecule has 0 saturated heterocycles. The van der Waals surface area contributed by atoms with Crippen LogP contribution in [0.3, 0.4) is 0 Å². The maximum atomic E-state index is 11.2. The summed E-state index contributed by atoms with van der Waals surface area (Å²) in [6, 6.07) is 0. The normalized spacial score (nSPS) is 26.8. The number of esters is 1. The van der Waals surface area contributed by atoms with Crippen LogP contribution in [0.15, 0.2) is 0 Å². The van der Waals surface area contributed by atoms with Crippen LogP contribution in [0.2, 0.25) is 0 Å². The topological polar surface area (TPSA) is 66.8 Å². The molecule has 0 radical (unpaired) electrons. The highest BCUT2D eigenvalue weighted by Gasteiger charge is 2.36. The Balaban J connectivity index is 2.47. The van der Waals surface area contributed by atoms with Gasteiger partial charge in [0.2, 0.25) is 0 Å². The van der Waals surface area contributed by atoms with E-state index in [0.717, 1.165) is 0 Å². The van der Waals surface area contributed by atoms with Crippen molar-refractivity contribution in [3.05, 3.63) is 0 Å². The lowest BCUT2D eigenvalue weighted by Gasteiger charge is -2.30. The smallest absolute Gasteiger partial charge is 0.309 e. The van der Waals surface area contributed by atoms with Gasteiger partial charge in [0.05, 0.1) is 12.5 Å². The summed E-state index contributed by atoms with van der Waals surface area (Å²) in [4.78, 5) is 11.2. The van der Waals surface area contributed by atoms with Crippen molar-refractivity contribution in [3.63, 3.8) is 0 Å². The summed E-state index contributed by atoms with van der Waals surface area (Å²) in [6.45, 7) is 2.09. The second-order valence-corrected chi connectivity index (χ2v) is 3.53. The van der Waals surface area contributed by atoms with Gasteiger partial charge in [-0.1, -0.05) is 0 Å². The van der Waals surface area contributed by atoms with E-state index in [-0.39, 0.29) is 18.3 Å². The Morgan fingerprint density at radius 1 is 1.62 bits per heavy atom. The SMILES string of the molecule is CCOC(=O)C1CCCC(O)(O)C1. The van der Waals surface area contributed by atoms with Crippen LogP contribution in [0.5, 0.6) is 0 Å². The Kier molecular flexibility index (Phi) is 3.27. The Labute approximate surface area is 77.5 Å². The zero-order chi connectivity index (χ0) is 9.90. The Morgan fingerprint density at radius 2 is 2.31 bits per heavy atom. The third kappa shape index (κ3) is 2.97. The monoisotopic (exact) mass is 188 g/mol. The number of rotatable bonds is 2. The number of carbonyl (C=O) groups is 1. The fourth-order valence-corrected chi connectivity index (χ4v) is 1.69. The van der Waals surface area contributed by atoms with Crippen LogP contribution >= 0.6 is 0 Å². The Hall–Kier alpha value is -0.610. The third-order valence-electron chi connectivity index (χ3n) is 2.32. The molecule has 4 nitrogen and oxygen atoms in total. The molecule has 1 aliphatic rings. The number of aliphatic hydroxyl groups is 2. The van der Waals surface area contributed by atoms with Gasteiger partial charge in [0.1, 0.15) is 0 Å². The first-order valence-corrected chi connectivity index (χ1v) is 4.66. The van der Waals surface area contributed by atoms with Crippen molar-refractivity contribution in [2.24, 2.45) is 5.92 Å². The summed E-state index contributed by atoms with van der Waals surface area (Å²) in [5.41, 5.74) is 0. The molecular formula is C9H16O4. The molecule has 0 amide bonds. The molecule has 1 fully saturated rings. The minimum absolute atomic E-state index is 0.103. The molecular weight excluding hydrogens is 172 g/mol. The molecule has 0 aromatic carbocycles. The van der Waals surface area contributed by atoms with Gasteiger partial charge < -0.3 is 14.9 Å². The second-order valence-electron chi connectivity index (χ2n) is 3.53. The molecule has 1 saturated carbocycles. The first kappa shape index (κ1) is 10.5. The standard InChI is InChI=1S/C9H16O4/c1-2-13-8(10)7-4-3-5-9(11,12)6-7/h7,11-12H,2-6H2,1H3. The predicted molar refractivity (Wildman–Crippen MR) is 45.8 cm³/mol. The van der Waals surface area contributed by atoms with E-state index in [0.29, 0.717) is 25.9 Å². The quantitative estimate of drug-likeness (QED) is 0.487. The molecule has 0 bridgehead atoms. The van der Waals surface area contributed by atoms with Gasteiger partial charge in [0.25, 0.3) is 0 Å². The zero-order valence-corrected chi connectivity index (χ0v) is 7.82. The van der Waals surface area contributed by atoms with Crippen LogP contribution < -0.4 is 0 Å². The molecule has 0 aromatic heterocycles. The summed E-state index contributed by atoms with van der Waals surface area (Å²) < 4.78 is 4.81. The van der Waals surface area contributed by atoms with Gasteiger partial charge in [0.15, 0.2) is 5.79 Å². The van der Waals surface area contributed by atoms with Gasteiger partial charge in [-0.15, -0.1) is 0 Å². The molecule has 0 spiro atoms. The van der Waals surface area contributed by atoms with Crippen molar-refractivity contribution in [1.82, 2.24) is 0 Å². The van der Waals surface area contributed by atoms with E-state index in [9.17, 15) is 15.0 Å². The van der Waals surface area contributed by atoms with E-state index in [2.05, 4.69) is 0 Å². The summed E-state index contributed by atoms with van der Waals surface area (Å²) >= 11 is 0. The van der Waals surface area contributed by atoms with Crippen molar-refractivity contribution in [2.75, 3.05) is 6.61 Å². The van der Waals surface area contributed by atoms with Crippen molar-refractivity contribution in [3.8, 4) is 0 Å². The maximum Gasteiger partial charge on any atom is 0.309 e. The van der Waals surface area contributed by atoms with Crippen LogP contribution in [-0.4, -0.2) is 28.6 Å². The molecule has 1 unspecified atom stereocenters. The lowest BCUT2D eigenvalue weighted by Crippen LogP contribution is -2.38. The molecule has 1 aliphatic carbocycles. The predicted octanol–water partition coefficient (Wildman–Crippen LogP) is 0.421. The fourth-order valence-electron chi connectivity index (χ4n) is 1.69. The molecule has 2 N–H and O–H groups in total. The van der Waals surface area contributed by atoms with Crippen LogP contribution in [0.1, 0.15) is 32.6 Å². The highest BCUT2D eigenvalue weighted by molar-refractivity contribution is 5.72. The maximum absolute atomic E-state index is 11.2. The van der Waals surface area contributed by atoms with Crippen molar-refractivity contribution < 1.29 is 19.7 Å². The van der Waals surface area contributed by atoms with Crippen LogP contribution in [-0.2, 0) is 9.53 Å². The zero-order valence-electron chi connectivity index (χ0n) is 7.82. The summed E-state index contributed by atoms with van der Waals surface area (Å²) in [5, 5.41) is 18.6. The average Bonchev–Trinajstić information content (AvgIpc) is 2.03. The third-order valence-corrected chi connectivity index (χ3v) is 2.32. The molecule has 4 heteroatoms. The molecule has 0 aliphatic heterocycles. The first-order valence-electron chi connectivity index (χ1n) is 4.66. The molecule has 1 rings (SSSR count). The van der Waals surface area contributed by atoms with Crippen LogP contribution in [0, 0.1) is 5.92 Å². The van der Waals surface area contributed by atoms with Crippen LogP contribution in [0.25, 0.3) is 0 Å². The summed E-state index contributed by atoms with van der Waals surface area (Å²) in [7, 11) is 0. The minimum atomic E-state index is -1.67. The van der Waals surface area contributed by atoms with Gasteiger partial charge in [-0.05, 0) is 19.8 Å². The lowest BCUT2D eigenvalue weighted by atomic mass is 9.85. The van der Waals surface area contributed by atoms with Crippen molar-refractivity contribution >= 4 is 5.97 Å². The van der Waals surface area contributed by atoms with E-state index >= 15 is 0 Å². The van der Waals surface area contributed by atoms with Gasteiger partial charge in [-0.3, -0.25) is 4.79 Å². The molecule has 0 heterocycles. The summed E-state index contributed by atoms with van der Waals surface area (Å²) in [5.74, 6) is -2.33. The Bertz CT molecular complexity index is 188. The van der Waals surface area contributed by atoms with Gasteiger partial charge in [0, 0.05) is 12.8 Å². The average molecular weight is 188 g/mol. The first-order chi connectivity index (χ1) is 6.05. The largest absolute Gasteiger partial charge is 0.466 e. The highest BCUT2D eigenvalue weighted by atomic mass is 16.5. The van der Waals surface area contributed by atoms with E-state index in [1.54, 1.807) is 6.92 Å². The highest BCUT2D eigenvalue weighted by Crippen LogP contribution is 2.31.